The number of nitrogens with zero attached hydrogens (tertiary/aromatic N) is 3. The Morgan fingerprint density at radius 1 is 0.974 bits per heavy atom. The van der Waals surface area contributed by atoms with Gasteiger partial charge in [-0.3, -0.25) is 24.7 Å². The highest BCUT2D eigenvalue weighted by atomic mass is 19.2. The molecule has 11 heteroatoms. The van der Waals surface area contributed by atoms with Crippen molar-refractivity contribution < 1.29 is 27.7 Å². The zero-order chi connectivity index (χ0) is 27.7. The van der Waals surface area contributed by atoms with E-state index in [-0.39, 0.29) is 28.6 Å². The lowest BCUT2D eigenvalue weighted by molar-refractivity contribution is -0.385. The number of non-ortho nitro benzene ring substituents is 1. The quantitative estimate of drug-likeness (QED) is 0.352. The van der Waals surface area contributed by atoms with Gasteiger partial charge in [0.25, 0.3) is 17.5 Å². The molecule has 1 saturated carbocycles. The zero-order valence-corrected chi connectivity index (χ0v) is 20.8. The van der Waals surface area contributed by atoms with Crippen LogP contribution in [0.3, 0.4) is 0 Å². The summed E-state index contributed by atoms with van der Waals surface area (Å²) in [6.45, 7) is 1.06. The number of pyridine rings is 1. The first-order valence-corrected chi connectivity index (χ1v) is 12.6. The van der Waals surface area contributed by atoms with Crippen LogP contribution in [0.1, 0.15) is 52.8 Å². The molecule has 39 heavy (non-hydrogen) atoms. The van der Waals surface area contributed by atoms with Crippen LogP contribution in [0.4, 0.5) is 18.9 Å². The number of aromatic nitrogens is 1. The minimum absolute atomic E-state index is 0.111. The summed E-state index contributed by atoms with van der Waals surface area (Å²) in [5, 5.41) is 13.6. The highest BCUT2D eigenvalue weighted by Crippen LogP contribution is 2.44. The highest BCUT2D eigenvalue weighted by Gasteiger charge is 2.43. The molecule has 0 radical (unpaired) electrons. The SMILES string of the molecule is O=C(NC1CCC2(CC1)CCN(C(=O)c1cccnc1-c1ccc(F)c(F)c1)C2)c1ccc([N+](=O)[O-])cc1F. The summed E-state index contributed by atoms with van der Waals surface area (Å²) in [5.41, 5.74) is 0.130. The molecule has 1 saturated heterocycles. The van der Waals surface area contributed by atoms with Crippen LogP contribution >= 0.6 is 0 Å². The number of nitro benzene ring substituents is 1. The van der Waals surface area contributed by atoms with Crippen molar-refractivity contribution in [2.24, 2.45) is 5.41 Å². The van der Waals surface area contributed by atoms with Crippen molar-refractivity contribution in [3.63, 3.8) is 0 Å². The van der Waals surface area contributed by atoms with Gasteiger partial charge in [0, 0.05) is 37.0 Å². The minimum Gasteiger partial charge on any atom is -0.349 e. The smallest absolute Gasteiger partial charge is 0.272 e. The Morgan fingerprint density at radius 2 is 1.74 bits per heavy atom. The number of carbonyl (C=O) groups excluding carboxylic acids is 2. The number of hydrogen-bond donors (Lipinski definition) is 1. The predicted molar refractivity (Wildman–Crippen MR) is 135 cm³/mol. The number of amides is 2. The molecule has 0 bridgehead atoms. The van der Waals surface area contributed by atoms with Gasteiger partial charge >= 0.3 is 0 Å². The molecule has 2 aromatic carbocycles. The second-order valence-electron chi connectivity index (χ2n) is 10.2. The second-order valence-corrected chi connectivity index (χ2v) is 10.2. The molecule has 2 heterocycles. The summed E-state index contributed by atoms with van der Waals surface area (Å²) in [5.74, 6) is -3.79. The van der Waals surface area contributed by atoms with E-state index in [4.69, 9.17) is 0 Å². The first-order valence-electron chi connectivity index (χ1n) is 12.6. The lowest BCUT2D eigenvalue weighted by Gasteiger charge is -2.37. The number of rotatable bonds is 5. The summed E-state index contributed by atoms with van der Waals surface area (Å²) in [7, 11) is 0. The molecule has 1 N–H and O–H groups in total. The standard InChI is InChI=1S/C28H25F3N4O4/c29-22-6-3-17(14-24(22)31)25-21(2-1-12-32-25)27(37)34-13-11-28(16-34)9-7-18(8-10-28)33-26(36)20-5-4-19(35(38)39)15-23(20)30/h1-6,12,14-15,18H,7-11,13,16H2,(H,33,36). The third-order valence-electron chi connectivity index (χ3n) is 7.75. The van der Waals surface area contributed by atoms with Gasteiger partial charge in [-0.15, -0.1) is 0 Å². The molecule has 5 rings (SSSR count). The second kappa shape index (κ2) is 10.5. The molecule has 8 nitrogen and oxygen atoms in total. The third-order valence-corrected chi connectivity index (χ3v) is 7.75. The van der Waals surface area contributed by atoms with E-state index < -0.39 is 34.0 Å². The van der Waals surface area contributed by atoms with Gasteiger partial charge in [0.2, 0.25) is 0 Å². The maximum atomic E-state index is 14.2. The molecular weight excluding hydrogens is 513 g/mol. The fourth-order valence-corrected chi connectivity index (χ4v) is 5.58. The van der Waals surface area contributed by atoms with Crippen LogP contribution in [-0.4, -0.2) is 45.8 Å². The number of nitro groups is 1. The Hall–Kier alpha value is -4.28. The number of hydrogen-bond acceptors (Lipinski definition) is 5. The molecule has 0 unspecified atom stereocenters. The van der Waals surface area contributed by atoms with Crippen molar-refractivity contribution in [1.29, 1.82) is 0 Å². The Morgan fingerprint density at radius 3 is 2.44 bits per heavy atom. The topological polar surface area (TPSA) is 105 Å². The monoisotopic (exact) mass is 538 g/mol. The number of halogens is 3. The number of carbonyl (C=O) groups is 2. The molecule has 2 fully saturated rings. The van der Waals surface area contributed by atoms with E-state index in [0.29, 0.717) is 37.1 Å². The first-order chi connectivity index (χ1) is 18.7. The van der Waals surface area contributed by atoms with Crippen LogP contribution in [0.15, 0.2) is 54.7 Å². The summed E-state index contributed by atoms with van der Waals surface area (Å²) in [6, 6.07) is 9.43. The maximum Gasteiger partial charge on any atom is 0.272 e. The van der Waals surface area contributed by atoms with Crippen molar-refractivity contribution in [3.8, 4) is 11.3 Å². The van der Waals surface area contributed by atoms with E-state index in [1.165, 1.54) is 12.3 Å². The van der Waals surface area contributed by atoms with Crippen LogP contribution in [0.2, 0.25) is 0 Å². The van der Waals surface area contributed by atoms with Gasteiger partial charge < -0.3 is 10.2 Å². The van der Waals surface area contributed by atoms with Crippen molar-refractivity contribution in [2.45, 2.75) is 38.1 Å². The summed E-state index contributed by atoms with van der Waals surface area (Å²) >= 11 is 0. The van der Waals surface area contributed by atoms with Gasteiger partial charge in [-0.05, 0) is 73.9 Å². The molecule has 202 valence electrons. The van der Waals surface area contributed by atoms with Crippen LogP contribution < -0.4 is 5.32 Å². The van der Waals surface area contributed by atoms with Gasteiger partial charge in [-0.2, -0.15) is 0 Å². The fraction of sp³-hybridized carbons (Fsp3) is 0.321. The van der Waals surface area contributed by atoms with E-state index in [9.17, 15) is 32.9 Å². The molecule has 1 spiro atoms. The van der Waals surface area contributed by atoms with Crippen molar-refractivity contribution >= 4 is 17.5 Å². The van der Waals surface area contributed by atoms with Crippen molar-refractivity contribution in [3.05, 3.63) is 93.4 Å². The first kappa shape index (κ1) is 26.3. The lowest BCUT2D eigenvalue weighted by atomic mass is 9.72. The molecule has 2 aliphatic rings. The molecule has 1 aliphatic carbocycles. The van der Waals surface area contributed by atoms with Crippen molar-refractivity contribution in [1.82, 2.24) is 15.2 Å². The van der Waals surface area contributed by atoms with E-state index in [0.717, 1.165) is 49.6 Å². The Labute approximate surface area is 222 Å². The van der Waals surface area contributed by atoms with Crippen LogP contribution in [0.25, 0.3) is 11.3 Å². The lowest BCUT2D eigenvalue weighted by Crippen LogP contribution is -2.42. The summed E-state index contributed by atoms with van der Waals surface area (Å²) < 4.78 is 41.5. The van der Waals surface area contributed by atoms with Gasteiger partial charge in [-0.1, -0.05) is 0 Å². The molecule has 1 aromatic heterocycles. The van der Waals surface area contributed by atoms with Crippen LogP contribution in [0, 0.1) is 33.0 Å². The average Bonchev–Trinajstić information content (AvgIpc) is 3.34. The van der Waals surface area contributed by atoms with Crippen LogP contribution in [-0.2, 0) is 0 Å². The van der Waals surface area contributed by atoms with Crippen LogP contribution in [0.5, 0.6) is 0 Å². The molecular formula is C28H25F3N4O4. The van der Waals surface area contributed by atoms with Gasteiger partial charge in [0.05, 0.1) is 27.8 Å². The normalized spacial score (nSPS) is 20.7. The number of benzene rings is 2. The van der Waals surface area contributed by atoms with Gasteiger partial charge in [0.1, 0.15) is 5.82 Å². The third kappa shape index (κ3) is 5.34. The Kier molecular flexibility index (Phi) is 7.07. The Balaban J connectivity index is 1.22. The Bertz CT molecular complexity index is 1460. The molecule has 0 atom stereocenters. The van der Waals surface area contributed by atoms with E-state index in [1.807, 2.05) is 0 Å². The predicted octanol–water partition coefficient (Wildman–Crippen LogP) is 5.28. The summed E-state index contributed by atoms with van der Waals surface area (Å²) in [6.07, 6.45) is 5.10. The van der Waals surface area contributed by atoms with E-state index in [1.54, 1.807) is 17.0 Å². The average molecular weight is 539 g/mol. The van der Waals surface area contributed by atoms with Gasteiger partial charge in [0.15, 0.2) is 11.6 Å². The zero-order valence-electron chi connectivity index (χ0n) is 20.8. The minimum atomic E-state index is -1.02. The van der Waals surface area contributed by atoms with Crippen molar-refractivity contribution in [2.75, 3.05) is 13.1 Å². The van der Waals surface area contributed by atoms with E-state index >= 15 is 0 Å². The molecule has 1 aliphatic heterocycles. The molecule has 2 amide bonds. The maximum absolute atomic E-state index is 14.2. The fourth-order valence-electron chi connectivity index (χ4n) is 5.58. The number of nitrogens with one attached hydrogen (secondary N) is 1. The number of likely N-dealkylation sites (tertiary alicyclic amines) is 1. The summed E-state index contributed by atoms with van der Waals surface area (Å²) in [4.78, 5) is 42.2. The molecule has 3 aromatic rings. The highest BCUT2D eigenvalue weighted by molar-refractivity contribution is 6.00. The van der Waals surface area contributed by atoms with Gasteiger partial charge in [-0.25, -0.2) is 13.2 Å². The largest absolute Gasteiger partial charge is 0.349 e. The van der Waals surface area contributed by atoms with E-state index in [2.05, 4.69) is 10.3 Å².